The molecule has 0 aromatic carbocycles. The molecule has 0 spiro atoms. The molecule has 1 rings (SSSR count). The second-order valence-corrected chi connectivity index (χ2v) is 10.1. The van der Waals surface area contributed by atoms with Gasteiger partial charge in [0.05, 0.1) is 0 Å². The van der Waals surface area contributed by atoms with E-state index in [9.17, 15) is 42.4 Å². The summed E-state index contributed by atoms with van der Waals surface area (Å²) in [4.78, 5) is 0. The van der Waals surface area contributed by atoms with Gasteiger partial charge in [0.15, 0.2) is 19.7 Å². The lowest BCUT2D eigenvalue weighted by atomic mass is 9.86. The van der Waals surface area contributed by atoms with Crippen LogP contribution >= 0.6 is 0 Å². The molecule has 0 radical (unpaired) electrons. The second-order valence-electron chi connectivity index (χ2n) is 4.89. The summed E-state index contributed by atoms with van der Waals surface area (Å²) in [6.45, 7) is 2.21. The number of rotatable bonds is 4. The highest BCUT2D eigenvalue weighted by atomic mass is 32.3. The Hall–Kier alpha value is -0.300. The van der Waals surface area contributed by atoms with Gasteiger partial charge in [0.2, 0.25) is 4.08 Å². The van der Waals surface area contributed by atoms with Crippen LogP contribution < -0.4 is 0 Å². The van der Waals surface area contributed by atoms with Crippen molar-refractivity contribution in [2.45, 2.75) is 48.4 Å². The molecule has 5 N–H and O–H groups in total. The molecule has 0 aliphatic heterocycles. The van der Waals surface area contributed by atoms with Gasteiger partial charge in [0.25, 0.3) is 0 Å². The zero-order chi connectivity index (χ0) is 16.8. The molecule has 1 aliphatic rings. The minimum Gasteiger partial charge on any atom is -0.388 e. The molecule has 5 atom stereocenters. The molecule has 21 heavy (non-hydrogen) atoms. The fourth-order valence-corrected chi connectivity index (χ4v) is 7.79. The van der Waals surface area contributed by atoms with Crippen molar-refractivity contribution in [2.75, 3.05) is 11.5 Å². The second kappa shape index (κ2) is 5.72. The summed E-state index contributed by atoms with van der Waals surface area (Å²) in [5.41, 5.74) is 0. The summed E-state index contributed by atoms with van der Waals surface area (Å²) in [6.07, 6.45) is -11.6. The maximum absolute atomic E-state index is 12.3. The van der Waals surface area contributed by atoms with E-state index >= 15 is 0 Å². The lowest BCUT2D eigenvalue weighted by Crippen LogP contribution is -2.76. The Labute approximate surface area is 122 Å². The summed E-state index contributed by atoms with van der Waals surface area (Å²) in [5.74, 6) is -1.51. The molecule has 1 saturated carbocycles. The summed E-state index contributed by atoms with van der Waals surface area (Å²) >= 11 is 0. The summed E-state index contributed by atoms with van der Waals surface area (Å²) in [7, 11) is -9.32. The fourth-order valence-electron chi connectivity index (χ4n) is 2.61. The number of sulfone groups is 2. The van der Waals surface area contributed by atoms with Crippen LogP contribution in [0.15, 0.2) is 0 Å². The smallest absolute Gasteiger partial charge is 0.229 e. The van der Waals surface area contributed by atoms with E-state index in [2.05, 4.69) is 0 Å². The van der Waals surface area contributed by atoms with Crippen LogP contribution in [0.3, 0.4) is 0 Å². The largest absolute Gasteiger partial charge is 0.388 e. The Morgan fingerprint density at radius 1 is 0.714 bits per heavy atom. The summed E-state index contributed by atoms with van der Waals surface area (Å²) < 4.78 is 46.0. The van der Waals surface area contributed by atoms with Crippen LogP contribution in [0.1, 0.15) is 13.8 Å². The number of aliphatic hydroxyl groups is 5. The monoisotopic (exact) mass is 348 g/mol. The maximum atomic E-state index is 12.3. The quantitative estimate of drug-likeness (QED) is 0.344. The van der Waals surface area contributed by atoms with Crippen LogP contribution in [0.25, 0.3) is 0 Å². The van der Waals surface area contributed by atoms with Crippen molar-refractivity contribution in [3.05, 3.63) is 0 Å². The third-order valence-corrected chi connectivity index (χ3v) is 9.86. The molecular formula is C10H20O9S2. The zero-order valence-corrected chi connectivity index (χ0v) is 13.1. The molecule has 1 aliphatic carbocycles. The van der Waals surface area contributed by atoms with Crippen LogP contribution in [-0.4, -0.2) is 88.5 Å². The van der Waals surface area contributed by atoms with Crippen molar-refractivity contribution in [2.24, 2.45) is 0 Å². The van der Waals surface area contributed by atoms with E-state index in [4.69, 9.17) is 0 Å². The first kappa shape index (κ1) is 18.7. The van der Waals surface area contributed by atoms with Crippen molar-refractivity contribution in [3.8, 4) is 0 Å². The van der Waals surface area contributed by atoms with Gasteiger partial charge < -0.3 is 25.5 Å². The topological polar surface area (TPSA) is 169 Å². The minimum absolute atomic E-state index is 0.754. The fraction of sp³-hybridized carbons (Fsp3) is 1.00. The van der Waals surface area contributed by atoms with Gasteiger partial charge in [-0.05, 0) is 0 Å². The standard InChI is InChI=1S/C10H20O9S2/c1-3-20(16,17)10(21(18,19)4-2)8(14)6(12)5(11)7(13)9(10)15/h5-9,11-15H,3-4H2,1-2H3/t5?,6-,7+,8+,9-. The molecular weight excluding hydrogens is 328 g/mol. The molecule has 11 heteroatoms. The molecule has 0 saturated heterocycles. The molecule has 0 heterocycles. The van der Waals surface area contributed by atoms with E-state index in [0.29, 0.717) is 0 Å². The van der Waals surface area contributed by atoms with Gasteiger partial charge in [-0.1, -0.05) is 13.8 Å². The van der Waals surface area contributed by atoms with Crippen LogP contribution in [0.2, 0.25) is 0 Å². The normalized spacial score (nSPS) is 37.4. The van der Waals surface area contributed by atoms with Crippen molar-refractivity contribution in [3.63, 3.8) is 0 Å². The first-order valence-electron chi connectivity index (χ1n) is 6.27. The van der Waals surface area contributed by atoms with Crippen LogP contribution in [-0.2, 0) is 19.7 Å². The Bertz CT molecular complexity index is 530. The first-order valence-corrected chi connectivity index (χ1v) is 9.57. The highest BCUT2D eigenvalue weighted by Gasteiger charge is 2.70. The highest BCUT2D eigenvalue weighted by Crippen LogP contribution is 2.41. The Balaban J connectivity index is 3.80. The van der Waals surface area contributed by atoms with Crippen molar-refractivity contribution in [1.82, 2.24) is 0 Å². The summed E-state index contributed by atoms with van der Waals surface area (Å²) in [5, 5.41) is 48.9. The van der Waals surface area contributed by atoms with Crippen LogP contribution in [0, 0.1) is 0 Å². The van der Waals surface area contributed by atoms with Crippen molar-refractivity contribution < 1.29 is 42.4 Å². The molecule has 0 amide bonds. The lowest BCUT2D eigenvalue weighted by Gasteiger charge is -2.48. The first-order chi connectivity index (χ1) is 9.42. The average Bonchev–Trinajstić information content (AvgIpc) is 2.43. The van der Waals surface area contributed by atoms with E-state index in [1.165, 1.54) is 0 Å². The molecule has 1 unspecified atom stereocenters. The number of hydrogen-bond acceptors (Lipinski definition) is 9. The third kappa shape index (κ3) is 2.31. The molecule has 0 aromatic heterocycles. The van der Waals surface area contributed by atoms with Gasteiger partial charge in [-0.25, -0.2) is 16.8 Å². The molecule has 0 bridgehead atoms. The van der Waals surface area contributed by atoms with Gasteiger partial charge >= 0.3 is 0 Å². The van der Waals surface area contributed by atoms with Crippen LogP contribution in [0.4, 0.5) is 0 Å². The van der Waals surface area contributed by atoms with Crippen LogP contribution in [0.5, 0.6) is 0 Å². The van der Waals surface area contributed by atoms with E-state index in [1.807, 2.05) is 0 Å². The average molecular weight is 348 g/mol. The van der Waals surface area contributed by atoms with Gasteiger partial charge in [-0.3, -0.25) is 0 Å². The molecule has 1 fully saturated rings. The van der Waals surface area contributed by atoms with Crippen molar-refractivity contribution in [1.29, 1.82) is 0 Å². The van der Waals surface area contributed by atoms with E-state index in [1.54, 1.807) is 0 Å². The maximum Gasteiger partial charge on any atom is 0.229 e. The Kier molecular flexibility index (Phi) is 5.11. The Morgan fingerprint density at radius 3 is 1.24 bits per heavy atom. The third-order valence-electron chi connectivity index (χ3n) is 3.90. The Morgan fingerprint density at radius 2 is 1.00 bits per heavy atom. The van der Waals surface area contributed by atoms with E-state index < -0.39 is 65.8 Å². The predicted octanol–water partition coefficient (Wildman–Crippen LogP) is -3.63. The minimum atomic E-state index is -4.66. The number of hydrogen-bond donors (Lipinski definition) is 5. The van der Waals surface area contributed by atoms with Gasteiger partial charge in [0, 0.05) is 11.5 Å². The van der Waals surface area contributed by atoms with Crippen molar-refractivity contribution >= 4 is 19.7 Å². The molecule has 126 valence electrons. The van der Waals surface area contributed by atoms with Gasteiger partial charge in [0.1, 0.15) is 30.5 Å². The van der Waals surface area contributed by atoms with E-state index in [-0.39, 0.29) is 0 Å². The van der Waals surface area contributed by atoms with Gasteiger partial charge in [-0.15, -0.1) is 0 Å². The number of aliphatic hydroxyl groups excluding tert-OH is 5. The lowest BCUT2D eigenvalue weighted by molar-refractivity contribution is -0.180. The highest BCUT2D eigenvalue weighted by molar-refractivity contribution is 8.10. The molecule has 0 aromatic rings. The summed E-state index contributed by atoms with van der Waals surface area (Å²) in [6, 6.07) is 0. The molecule has 9 nitrogen and oxygen atoms in total. The predicted molar refractivity (Wildman–Crippen MR) is 71.7 cm³/mol. The van der Waals surface area contributed by atoms with Gasteiger partial charge in [-0.2, -0.15) is 0 Å². The van der Waals surface area contributed by atoms with E-state index in [0.717, 1.165) is 13.8 Å². The SMILES string of the molecule is CCS(=O)(=O)C1(S(=O)(=O)CC)[C@H](O)[C@@H](O)C(O)[C@@H](O)[C@@H]1O. The zero-order valence-electron chi connectivity index (χ0n) is 11.5.